The number of nitrogens with zero attached hydrogens (tertiary/aromatic N) is 1. The van der Waals surface area contributed by atoms with Gasteiger partial charge in [-0.2, -0.15) is 0 Å². The minimum atomic E-state index is -0.307. The molecule has 4 N–H and O–H groups in total. The number of carbonyl (C=O) groups is 1. The summed E-state index contributed by atoms with van der Waals surface area (Å²) in [6, 6.07) is -0.307. The van der Waals surface area contributed by atoms with E-state index >= 15 is 0 Å². The maximum Gasteiger partial charge on any atom is 0.241 e. The molecule has 0 aromatic rings. The van der Waals surface area contributed by atoms with Crippen LogP contribution in [0.4, 0.5) is 0 Å². The first-order valence-electron chi connectivity index (χ1n) is 3.65. The van der Waals surface area contributed by atoms with Crippen LogP contribution in [0.1, 0.15) is 6.42 Å². The summed E-state index contributed by atoms with van der Waals surface area (Å²) in [7, 11) is 0. The van der Waals surface area contributed by atoms with E-state index in [2.05, 4.69) is 0 Å². The third kappa shape index (κ3) is 0.953. The van der Waals surface area contributed by atoms with Crippen LogP contribution in [-0.2, 0) is 4.79 Å². The van der Waals surface area contributed by atoms with Crippen LogP contribution in [0.15, 0.2) is 0 Å². The third-order valence-electron chi connectivity index (χ3n) is 2.15. The Morgan fingerprint density at radius 1 is 1.55 bits per heavy atom. The fourth-order valence-corrected chi connectivity index (χ4v) is 2.92. The fraction of sp³-hybridized carbons (Fsp3) is 0.833. The van der Waals surface area contributed by atoms with Crippen LogP contribution < -0.4 is 11.5 Å². The molecule has 2 saturated heterocycles. The highest BCUT2D eigenvalue weighted by molar-refractivity contribution is 8.00. The highest BCUT2D eigenvalue weighted by Gasteiger charge is 2.44. The summed E-state index contributed by atoms with van der Waals surface area (Å²) in [6.45, 7) is 0. The summed E-state index contributed by atoms with van der Waals surface area (Å²) in [4.78, 5) is 13.0. The standard InChI is InChI=1S/C6H11N3OS/c7-3-1-5-9(6(3)10)4(8)2-11-5/h3-5H,1-2,7-8H2/t3-,4+,5+/m1/s1. The molecule has 0 radical (unpaired) electrons. The molecule has 4 nitrogen and oxygen atoms in total. The topological polar surface area (TPSA) is 72.3 Å². The lowest BCUT2D eigenvalue weighted by Gasteiger charge is -2.18. The molecule has 0 aromatic carbocycles. The van der Waals surface area contributed by atoms with Gasteiger partial charge in [0.2, 0.25) is 5.91 Å². The average Bonchev–Trinajstić information content (AvgIpc) is 2.41. The summed E-state index contributed by atoms with van der Waals surface area (Å²) >= 11 is 1.73. The van der Waals surface area contributed by atoms with Gasteiger partial charge in [0, 0.05) is 12.2 Å². The molecule has 0 bridgehead atoms. The summed E-state index contributed by atoms with van der Waals surface area (Å²) in [5.74, 6) is 0.871. The van der Waals surface area contributed by atoms with Gasteiger partial charge in [-0.1, -0.05) is 0 Å². The Balaban J connectivity index is 2.20. The van der Waals surface area contributed by atoms with Crippen molar-refractivity contribution in [2.24, 2.45) is 11.5 Å². The number of rotatable bonds is 0. The minimum Gasteiger partial charge on any atom is -0.320 e. The van der Waals surface area contributed by atoms with E-state index in [9.17, 15) is 4.79 Å². The molecule has 0 aromatic heterocycles. The van der Waals surface area contributed by atoms with Gasteiger partial charge in [0.25, 0.3) is 0 Å². The first-order valence-corrected chi connectivity index (χ1v) is 4.70. The zero-order valence-corrected chi connectivity index (χ0v) is 6.88. The molecule has 5 heteroatoms. The second kappa shape index (κ2) is 2.36. The summed E-state index contributed by atoms with van der Waals surface area (Å²) < 4.78 is 0. The van der Waals surface area contributed by atoms with Gasteiger partial charge in [0.1, 0.15) is 0 Å². The van der Waals surface area contributed by atoms with Gasteiger partial charge in [-0.05, 0) is 0 Å². The number of thioether (sulfide) groups is 1. The molecule has 0 unspecified atom stereocenters. The van der Waals surface area contributed by atoms with Crippen LogP contribution in [0.2, 0.25) is 0 Å². The van der Waals surface area contributed by atoms with E-state index < -0.39 is 0 Å². The third-order valence-corrected chi connectivity index (χ3v) is 3.49. The largest absolute Gasteiger partial charge is 0.320 e. The van der Waals surface area contributed by atoms with Gasteiger partial charge >= 0.3 is 0 Å². The maximum absolute atomic E-state index is 11.3. The predicted molar refractivity (Wildman–Crippen MR) is 43.7 cm³/mol. The number of amides is 1. The maximum atomic E-state index is 11.3. The molecule has 11 heavy (non-hydrogen) atoms. The van der Waals surface area contributed by atoms with Gasteiger partial charge < -0.3 is 16.4 Å². The summed E-state index contributed by atoms with van der Waals surface area (Å²) in [5.41, 5.74) is 11.3. The Morgan fingerprint density at radius 2 is 2.27 bits per heavy atom. The summed E-state index contributed by atoms with van der Waals surface area (Å²) in [6.07, 6.45) is 0.656. The number of fused-ring (bicyclic) bond motifs is 1. The van der Waals surface area contributed by atoms with Crippen LogP contribution in [0.3, 0.4) is 0 Å². The van der Waals surface area contributed by atoms with Crippen LogP contribution in [0, 0.1) is 0 Å². The van der Waals surface area contributed by atoms with Crippen molar-refractivity contribution in [2.75, 3.05) is 5.75 Å². The molecule has 0 spiro atoms. The molecule has 62 valence electrons. The lowest BCUT2D eigenvalue weighted by molar-refractivity contribution is -0.130. The van der Waals surface area contributed by atoms with Crippen LogP contribution >= 0.6 is 11.8 Å². The first kappa shape index (κ1) is 7.39. The van der Waals surface area contributed by atoms with Gasteiger partial charge in [0.15, 0.2) is 0 Å². The first-order chi connectivity index (χ1) is 5.20. The molecule has 1 amide bonds. The lowest BCUT2D eigenvalue weighted by atomic mass is 10.3. The molecular weight excluding hydrogens is 162 g/mol. The van der Waals surface area contributed by atoms with Crippen molar-refractivity contribution in [3.63, 3.8) is 0 Å². The normalized spacial score (nSPS) is 43.3. The molecule has 2 fully saturated rings. The number of hydrogen-bond acceptors (Lipinski definition) is 4. The van der Waals surface area contributed by atoms with Crippen LogP contribution in [0.25, 0.3) is 0 Å². The average molecular weight is 173 g/mol. The van der Waals surface area contributed by atoms with Crippen molar-refractivity contribution in [1.82, 2.24) is 4.90 Å². The predicted octanol–water partition coefficient (Wildman–Crippen LogP) is -1.10. The van der Waals surface area contributed by atoms with Crippen LogP contribution in [-0.4, -0.2) is 34.1 Å². The van der Waals surface area contributed by atoms with E-state index in [1.807, 2.05) is 0 Å². The molecule has 2 aliphatic rings. The molecule has 2 aliphatic heterocycles. The molecular formula is C6H11N3OS. The highest BCUT2D eigenvalue weighted by atomic mass is 32.2. The number of hydrogen-bond donors (Lipinski definition) is 2. The molecule has 2 heterocycles. The van der Waals surface area contributed by atoms with E-state index in [0.717, 1.165) is 12.2 Å². The second-order valence-electron chi connectivity index (χ2n) is 2.94. The Labute approximate surface area is 69.3 Å². The quantitative estimate of drug-likeness (QED) is 0.488. The van der Waals surface area contributed by atoms with Gasteiger partial charge in [-0.3, -0.25) is 4.79 Å². The van der Waals surface area contributed by atoms with Crippen molar-refractivity contribution in [3.8, 4) is 0 Å². The van der Waals surface area contributed by atoms with Gasteiger partial charge in [-0.15, -0.1) is 11.8 Å². The molecule has 0 aliphatic carbocycles. The Kier molecular flexibility index (Phi) is 1.59. The van der Waals surface area contributed by atoms with E-state index in [0.29, 0.717) is 0 Å². The fourth-order valence-electron chi connectivity index (χ4n) is 1.58. The van der Waals surface area contributed by atoms with Crippen molar-refractivity contribution in [2.45, 2.75) is 24.0 Å². The molecule has 3 atom stereocenters. The smallest absolute Gasteiger partial charge is 0.241 e. The SMILES string of the molecule is N[C@@H]1C[C@@H]2SC[C@@H](N)N2C1=O. The zero-order chi connectivity index (χ0) is 8.01. The van der Waals surface area contributed by atoms with Crippen LogP contribution in [0.5, 0.6) is 0 Å². The Morgan fingerprint density at radius 3 is 2.91 bits per heavy atom. The minimum absolute atomic E-state index is 0.0208. The second-order valence-corrected chi connectivity index (χ2v) is 4.15. The van der Waals surface area contributed by atoms with Crippen molar-refractivity contribution < 1.29 is 4.79 Å². The zero-order valence-electron chi connectivity index (χ0n) is 6.06. The Hall–Kier alpha value is -0.260. The van der Waals surface area contributed by atoms with E-state index in [1.54, 1.807) is 16.7 Å². The highest BCUT2D eigenvalue weighted by Crippen LogP contribution is 2.34. The van der Waals surface area contributed by atoms with E-state index in [-0.39, 0.29) is 23.5 Å². The Bertz CT molecular complexity index is 198. The number of nitrogens with two attached hydrogens (primary N) is 2. The van der Waals surface area contributed by atoms with Crippen molar-refractivity contribution in [1.29, 1.82) is 0 Å². The number of carbonyl (C=O) groups excluding carboxylic acids is 1. The lowest BCUT2D eigenvalue weighted by Crippen LogP contribution is -2.45. The van der Waals surface area contributed by atoms with E-state index in [1.165, 1.54) is 0 Å². The van der Waals surface area contributed by atoms with Gasteiger partial charge in [0.05, 0.1) is 17.6 Å². The van der Waals surface area contributed by atoms with E-state index in [4.69, 9.17) is 11.5 Å². The monoisotopic (exact) mass is 173 g/mol. The summed E-state index contributed by atoms with van der Waals surface area (Å²) in [5, 5.41) is 0.257. The van der Waals surface area contributed by atoms with Gasteiger partial charge in [-0.25, -0.2) is 0 Å². The molecule has 0 saturated carbocycles. The van der Waals surface area contributed by atoms with Crippen molar-refractivity contribution in [3.05, 3.63) is 0 Å². The molecule has 2 rings (SSSR count). The van der Waals surface area contributed by atoms with Crippen molar-refractivity contribution >= 4 is 17.7 Å².